The Balaban J connectivity index is 1.78. The van der Waals surface area contributed by atoms with Crippen molar-refractivity contribution in [2.45, 2.75) is 11.8 Å². The number of hydrogen-bond acceptors (Lipinski definition) is 7. The average Bonchev–Trinajstić information content (AvgIpc) is 3.06. The van der Waals surface area contributed by atoms with Gasteiger partial charge in [0.25, 0.3) is 11.1 Å². The molecule has 0 bridgehead atoms. The van der Waals surface area contributed by atoms with E-state index in [1.807, 2.05) is 0 Å². The fourth-order valence-corrected chi connectivity index (χ4v) is 2.49. The van der Waals surface area contributed by atoms with Crippen molar-refractivity contribution in [1.29, 1.82) is 0 Å². The van der Waals surface area contributed by atoms with Crippen LogP contribution in [0.15, 0.2) is 33.9 Å². The molecule has 0 aliphatic carbocycles. The quantitative estimate of drug-likeness (QED) is 0.690. The Kier molecular flexibility index (Phi) is 7.08. The van der Waals surface area contributed by atoms with Crippen molar-refractivity contribution in [3.05, 3.63) is 35.2 Å². The smallest absolute Gasteiger partial charge is 0.277 e. The van der Waals surface area contributed by atoms with Gasteiger partial charge in [-0.05, 0) is 24.3 Å². The molecule has 0 radical (unpaired) electrons. The van der Waals surface area contributed by atoms with Gasteiger partial charge >= 0.3 is 0 Å². The zero-order chi connectivity index (χ0) is 18.2. The summed E-state index contributed by atoms with van der Waals surface area (Å²) in [5, 5.41) is 11.0. The van der Waals surface area contributed by atoms with Crippen molar-refractivity contribution >= 4 is 35.2 Å². The highest BCUT2D eigenvalue weighted by atomic mass is 35.5. The predicted molar refractivity (Wildman–Crippen MR) is 92.5 cm³/mol. The van der Waals surface area contributed by atoms with E-state index in [0.717, 1.165) is 11.8 Å². The zero-order valence-electron chi connectivity index (χ0n) is 13.7. The van der Waals surface area contributed by atoms with Crippen LogP contribution >= 0.6 is 23.4 Å². The maximum absolute atomic E-state index is 11.9. The number of amides is 2. The van der Waals surface area contributed by atoms with Crippen molar-refractivity contribution in [1.82, 2.24) is 20.4 Å². The van der Waals surface area contributed by atoms with E-state index in [1.54, 1.807) is 31.3 Å². The van der Waals surface area contributed by atoms with Gasteiger partial charge in [0.1, 0.15) is 5.75 Å². The monoisotopic (exact) mass is 384 g/mol. The molecular weight excluding hydrogens is 368 g/mol. The van der Waals surface area contributed by atoms with Crippen LogP contribution in [0.5, 0.6) is 5.75 Å². The molecule has 0 unspecified atom stereocenters. The van der Waals surface area contributed by atoms with Crippen molar-refractivity contribution in [3.8, 4) is 5.75 Å². The third-order valence-electron chi connectivity index (χ3n) is 3.03. The van der Waals surface area contributed by atoms with Crippen LogP contribution in [0, 0.1) is 0 Å². The van der Waals surface area contributed by atoms with Crippen LogP contribution in [0.25, 0.3) is 0 Å². The molecule has 10 heteroatoms. The lowest BCUT2D eigenvalue weighted by Crippen LogP contribution is -2.37. The summed E-state index contributed by atoms with van der Waals surface area (Å²) in [6.07, 6.45) is 0. The number of nitrogens with zero attached hydrogens (tertiary/aromatic N) is 3. The minimum Gasteiger partial charge on any atom is -0.484 e. The summed E-state index contributed by atoms with van der Waals surface area (Å²) in [7, 11) is 3.07. The van der Waals surface area contributed by atoms with Gasteiger partial charge < -0.3 is 19.4 Å². The van der Waals surface area contributed by atoms with Gasteiger partial charge in [0.15, 0.2) is 6.61 Å². The molecule has 1 aromatic heterocycles. The Hall–Kier alpha value is -2.26. The van der Waals surface area contributed by atoms with E-state index in [-0.39, 0.29) is 35.9 Å². The highest BCUT2D eigenvalue weighted by Crippen LogP contribution is 2.19. The molecule has 0 spiro atoms. The summed E-state index contributed by atoms with van der Waals surface area (Å²) in [4.78, 5) is 24.5. The first-order valence-electron chi connectivity index (χ1n) is 7.26. The van der Waals surface area contributed by atoms with Gasteiger partial charge in [-0.3, -0.25) is 9.59 Å². The molecule has 0 atom stereocenters. The van der Waals surface area contributed by atoms with E-state index >= 15 is 0 Å². The number of halogens is 1. The number of carbonyl (C=O) groups is 2. The molecule has 134 valence electrons. The molecule has 25 heavy (non-hydrogen) atoms. The van der Waals surface area contributed by atoms with Crippen LogP contribution in [0.1, 0.15) is 5.89 Å². The standard InChI is InChI=1S/C15H17ClN4O4S/c1-17-12(21)7-20(2)14(22)9-25-15-19-18-13(24-15)8-23-11-5-3-10(16)4-6-11/h3-6H,7-9H2,1-2H3,(H,17,21). The summed E-state index contributed by atoms with van der Waals surface area (Å²) >= 11 is 6.90. The van der Waals surface area contributed by atoms with Crippen LogP contribution in [0.2, 0.25) is 5.02 Å². The highest BCUT2D eigenvalue weighted by Gasteiger charge is 2.15. The lowest BCUT2D eigenvalue weighted by atomic mass is 10.3. The van der Waals surface area contributed by atoms with Gasteiger partial charge in [-0.15, -0.1) is 10.2 Å². The van der Waals surface area contributed by atoms with E-state index in [4.69, 9.17) is 20.8 Å². The number of likely N-dealkylation sites (N-methyl/N-ethyl adjacent to an activating group) is 2. The molecule has 1 N–H and O–H groups in total. The largest absolute Gasteiger partial charge is 0.484 e. The van der Waals surface area contributed by atoms with E-state index in [2.05, 4.69) is 15.5 Å². The van der Waals surface area contributed by atoms with Crippen LogP contribution in [-0.4, -0.2) is 53.3 Å². The number of nitrogens with one attached hydrogen (secondary N) is 1. The van der Waals surface area contributed by atoms with Crippen LogP contribution in [0.4, 0.5) is 0 Å². The van der Waals surface area contributed by atoms with Gasteiger partial charge in [-0.25, -0.2) is 0 Å². The van der Waals surface area contributed by atoms with Gasteiger partial charge in [0.05, 0.1) is 12.3 Å². The van der Waals surface area contributed by atoms with Gasteiger partial charge in [0, 0.05) is 19.1 Å². The van der Waals surface area contributed by atoms with E-state index < -0.39 is 0 Å². The Morgan fingerprint density at radius 3 is 2.72 bits per heavy atom. The predicted octanol–water partition coefficient (Wildman–Crippen LogP) is 1.60. The van der Waals surface area contributed by atoms with Crippen LogP contribution in [-0.2, 0) is 16.2 Å². The van der Waals surface area contributed by atoms with E-state index in [1.165, 1.54) is 11.9 Å². The van der Waals surface area contributed by atoms with E-state index in [0.29, 0.717) is 16.7 Å². The van der Waals surface area contributed by atoms with Crippen molar-refractivity contribution in [2.75, 3.05) is 26.4 Å². The Morgan fingerprint density at radius 1 is 1.32 bits per heavy atom. The number of benzene rings is 1. The molecule has 2 amide bonds. The second-order valence-electron chi connectivity index (χ2n) is 4.92. The fraction of sp³-hybridized carbons (Fsp3) is 0.333. The SMILES string of the molecule is CNC(=O)CN(C)C(=O)CSc1nnc(COc2ccc(Cl)cc2)o1. The molecule has 0 saturated carbocycles. The molecule has 2 aromatic rings. The number of rotatable bonds is 8. The summed E-state index contributed by atoms with van der Waals surface area (Å²) in [5.74, 6) is 0.560. The van der Waals surface area contributed by atoms with Gasteiger partial charge in [-0.1, -0.05) is 23.4 Å². The normalized spacial score (nSPS) is 10.4. The average molecular weight is 385 g/mol. The van der Waals surface area contributed by atoms with Crippen molar-refractivity contribution in [2.24, 2.45) is 0 Å². The molecule has 0 aliphatic rings. The molecule has 0 saturated heterocycles. The summed E-state index contributed by atoms with van der Waals surface area (Å²) < 4.78 is 10.9. The fourth-order valence-electron chi connectivity index (χ4n) is 1.65. The highest BCUT2D eigenvalue weighted by molar-refractivity contribution is 7.99. The second-order valence-corrected chi connectivity index (χ2v) is 6.28. The molecule has 0 fully saturated rings. The van der Waals surface area contributed by atoms with Crippen molar-refractivity contribution in [3.63, 3.8) is 0 Å². The molecule has 2 rings (SSSR count). The number of aromatic nitrogens is 2. The lowest BCUT2D eigenvalue weighted by Gasteiger charge is -2.14. The summed E-state index contributed by atoms with van der Waals surface area (Å²) in [6.45, 7) is 0.111. The zero-order valence-corrected chi connectivity index (χ0v) is 15.3. The second kappa shape index (κ2) is 9.28. The van der Waals surface area contributed by atoms with Crippen molar-refractivity contribution < 1.29 is 18.7 Å². The van der Waals surface area contributed by atoms with Gasteiger partial charge in [-0.2, -0.15) is 0 Å². The molecular formula is C15H17ClN4O4S. The first-order chi connectivity index (χ1) is 12.0. The third kappa shape index (κ3) is 6.28. The first-order valence-corrected chi connectivity index (χ1v) is 8.62. The molecule has 0 aliphatic heterocycles. The Morgan fingerprint density at radius 2 is 2.04 bits per heavy atom. The number of thioether (sulfide) groups is 1. The van der Waals surface area contributed by atoms with E-state index in [9.17, 15) is 9.59 Å². The topological polar surface area (TPSA) is 97.6 Å². The van der Waals surface area contributed by atoms with Crippen LogP contribution < -0.4 is 10.1 Å². The maximum atomic E-state index is 11.9. The minimum absolute atomic E-state index is 0.0000905. The lowest BCUT2D eigenvalue weighted by molar-refractivity contribution is -0.132. The number of hydrogen-bond donors (Lipinski definition) is 1. The summed E-state index contributed by atoms with van der Waals surface area (Å²) in [5.41, 5.74) is 0. The Labute approximate surface area is 153 Å². The minimum atomic E-state index is -0.236. The molecule has 1 heterocycles. The third-order valence-corrected chi connectivity index (χ3v) is 4.08. The maximum Gasteiger partial charge on any atom is 0.277 e. The first kappa shape index (κ1) is 19.1. The Bertz CT molecular complexity index is 723. The number of carbonyl (C=O) groups excluding carboxylic acids is 2. The van der Waals surface area contributed by atoms with Crippen LogP contribution in [0.3, 0.4) is 0 Å². The summed E-state index contributed by atoms with van der Waals surface area (Å²) in [6, 6.07) is 6.89. The molecule has 8 nitrogen and oxygen atoms in total. The molecule has 1 aromatic carbocycles. The van der Waals surface area contributed by atoms with Gasteiger partial charge in [0.2, 0.25) is 11.8 Å². The number of ether oxygens (including phenoxy) is 1.